The number of nitrogens with zero attached hydrogens (tertiary/aromatic N) is 1. The number of carbonyl (C=O) groups excluding carboxylic acids is 2. The van der Waals surface area contributed by atoms with Crippen molar-refractivity contribution >= 4 is 38.8 Å². The Morgan fingerprint density at radius 2 is 1.80 bits per heavy atom. The summed E-state index contributed by atoms with van der Waals surface area (Å²) >= 11 is 1.30. The molecule has 3 aromatic rings. The van der Waals surface area contributed by atoms with Crippen molar-refractivity contribution in [2.75, 3.05) is 19.0 Å². The molecule has 0 aliphatic rings. The highest BCUT2D eigenvalue weighted by Crippen LogP contribution is 2.27. The molecule has 1 heterocycles. The topological polar surface area (TPSA) is 69.6 Å². The van der Waals surface area contributed by atoms with Crippen LogP contribution in [0.1, 0.15) is 25.6 Å². The van der Waals surface area contributed by atoms with Crippen LogP contribution in [0.4, 0.5) is 5.69 Å². The summed E-state index contributed by atoms with van der Waals surface area (Å²) in [5, 5.41) is 9.61. The Bertz CT molecular complexity index is 929. The number of thiophene rings is 1. The van der Waals surface area contributed by atoms with Crippen molar-refractivity contribution in [2.24, 2.45) is 0 Å². The Morgan fingerprint density at radius 1 is 1.08 bits per heavy atom. The van der Waals surface area contributed by atoms with Gasteiger partial charge in [-0.1, -0.05) is 6.07 Å². The number of rotatable bonds is 5. The molecule has 2 aromatic carbocycles. The molecule has 6 heteroatoms. The number of carbonyl (C=O) groups is 2. The molecule has 0 radical (unpaired) electrons. The number of nitrogens with one attached hydrogen (secondary N) is 1. The van der Waals surface area contributed by atoms with Crippen molar-refractivity contribution in [2.45, 2.75) is 6.42 Å². The molecular weight excluding hydrogens is 336 g/mol. The van der Waals surface area contributed by atoms with E-state index in [4.69, 9.17) is 5.21 Å². The smallest absolute Gasteiger partial charge is 0.284 e. The molecule has 0 spiro atoms. The van der Waals surface area contributed by atoms with Crippen molar-refractivity contribution in [1.29, 1.82) is 0 Å². The Morgan fingerprint density at radius 3 is 2.44 bits per heavy atom. The maximum atomic E-state index is 12.5. The summed E-state index contributed by atoms with van der Waals surface area (Å²) in [6.07, 6.45) is 0.300. The third-order valence-corrected chi connectivity index (χ3v) is 5.09. The quantitative estimate of drug-likeness (QED) is 0.418. The fraction of sp³-hybridized carbons (Fsp3) is 0.158. The predicted octanol–water partition coefficient (Wildman–Crippen LogP) is 3.51. The SMILES string of the molecule is CN(C)c1ccc(C(=O)Cc2ccc3sc(C(=O)NO)cc3c2)cc1. The lowest BCUT2D eigenvalue weighted by Gasteiger charge is -2.12. The lowest BCUT2D eigenvalue weighted by atomic mass is 10.0. The second kappa shape index (κ2) is 7.04. The molecule has 0 atom stereocenters. The molecule has 1 aromatic heterocycles. The average molecular weight is 354 g/mol. The molecular formula is C19H18N2O3S. The number of hydroxylamine groups is 1. The second-order valence-electron chi connectivity index (χ2n) is 5.97. The Kier molecular flexibility index (Phi) is 4.83. The number of amides is 1. The molecule has 5 nitrogen and oxygen atoms in total. The molecule has 0 aliphatic heterocycles. The maximum absolute atomic E-state index is 12.5. The number of ketones is 1. The highest BCUT2D eigenvalue weighted by atomic mass is 32.1. The summed E-state index contributed by atoms with van der Waals surface area (Å²) < 4.78 is 0.935. The van der Waals surface area contributed by atoms with E-state index < -0.39 is 5.91 Å². The van der Waals surface area contributed by atoms with Gasteiger partial charge in [-0.05, 0) is 53.4 Å². The summed E-state index contributed by atoms with van der Waals surface area (Å²) in [6, 6.07) is 14.9. The number of benzene rings is 2. The van der Waals surface area contributed by atoms with Gasteiger partial charge in [0.1, 0.15) is 0 Å². The fourth-order valence-electron chi connectivity index (χ4n) is 2.60. The van der Waals surface area contributed by atoms with E-state index in [0.717, 1.165) is 21.3 Å². The van der Waals surface area contributed by atoms with Crippen LogP contribution in [-0.2, 0) is 6.42 Å². The van der Waals surface area contributed by atoms with Crippen LogP contribution >= 0.6 is 11.3 Å². The van der Waals surface area contributed by atoms with Crippen molar-refractivity contribution in [1.82, 2.24) is 5.48 Å². The highest BCUT2D eigenvalue weighted by Gasteiger charge is 2.12. The van der Waals surface area contributed by atoms with Gasteiger partial charge in [0, 0.05) is 36.5 Å². The van der Waals surface area contributed by atoms with Crippen LogP contribution in [0, 0.1) is 0 Å². The number of hydrogen-bond donors (Lipinski definition) is 2. The lowest BCUT2D eigenvalue weighted by molar-refractivity contribution is 0.0711. The molecule has 0 fully saturated rings. The van der Waals surface area contributed by atoms with Gasteiger partial charge in [0.2, 0.25) is 0 Å². The van der Waals surface area contributed by atoms with Gasteiger partial charge in [-0.25, -0.2) is 5.48 Å². The Balaban J connectivity index is 1.79. The van der Waals surface area contributed by atoms with E-state index in [9.17, 15) is 9.59 Å². The minimum atomic E-state index is -0.528. The van der Waals surface area contributed by atoms with E-state index >= 15 is 0 Å². The monoisotopic (exact) mass is 354 g/mol. The summed E-state index contributed by atoms with van der Waals surface area (Å²) in [5.41, 5.74) is 4.25. The molecule has 0 unspecified atom stereocenters. The maximum Gasteiger partial charge on any atom is 0.284 e. The van der Waals surface area contributed by atoms with Gasteiger partial charge >= 0.3 is 0 Å². The van der Waals surface area contributed by atoms with Crippen LogP contribution in [0.2, 0.25) is 0 Å². The summed E-state index contributed by atoms with van der Waals surface area (Å²) in [4.78, 5) is 26.4. The molecule has 0 aliphatic carbocycles. The van der Waals surface area contributed by atoms with Gasteiger partial charge in [0.25, 0.3) is 5.91 Å². The van der Waals surface area contributed by atoms with Crippen molar-refractivity contribution in [3.05, 3.63) is 64.5 Å². The van der Waals surface area contributed by atoms with Gasteiger partial charge in [-0.2, -0.15) is 0 Å². The average Bonchev–Trinajstić information content (AvgIpc) is 3.04. The first-order valence-corrected chi connectivity index (χ1v) is 8.57. The largest absolute Gasteiger partial charge is 0.378 e. The second-order valence-corrected chi connectivity index (χ2v) is 7.05. The first kappa shape index (κ1) is 17.1. The van der Waals surface area contributed by atoms with Crippen LogP contribution in [0.5, 0.6) is 0 Å². The van der Waals surface area contributed by atoms with E-state index in [1.807, 2.05) is 61.5 Å². The third-order valence-electron chi connectivity index (χ3n) is 3.98. The van der Waals surface area contributed by atoms with E-state index in [1.54, 1.807) is 11.5 Å². The zero-order chi connectivity index (χ0) is 18.0. The highest BCUT2D eigenvalue weighted by molar-refractivity contribution is 7.20. The molecule has 2 N–H and O–H groups in total. The van der Waals surface area contributed by atoms with Crippen molar-refractivity contribution in [3.8, 4) is 0 Å². The van der Waals surface area contributed by atoms with Gasteiger partial charge in [-0.3, -0.25) is 14.8 Å². The van der Waals surface area contributed by atoms with E-state index in [2.05, 4.69) is 0 Å². The van der Waals surface area contributed by atoms with E-state index in [-0.39, 0.29) is 5.78 Å². The van der Waals surface area contributed by atoms with E-state index in [0.29, 0.717) is 16.9 Å². The standard InChI is InChI=1S/C19H18N2O3S/c1-21(2)15-6-4-13(5-7-15)16(22)10-12-3-8-17-14(9-12)11-18(25-17)19(23)20-24/h3-9,11,24H,10H2,1-2H3,(H,20,23). The van der Waals surface area contributed by atoms with Gasteiger partial charge in [0.05, 0.1) is 4.88 Å². The summed E-state index contributed by atoms with van der Waals surface area (Å²) in [5.74, 6) is -0.479. The fourth-order valence-corrected chi connectivity index (χ4v) is 3.54. The molecule has 0 bridgehead atoms. The zero-order valence-electron chi connectivity index (χ0n) is 13.9. The van der Waals surface area contributed by atoms with Crippen LogP contribution in [-0.4, -0.2) is 31.0 Å². The molecule has 0 saturated heterocycles. The normalized spacial score (nSPS) is 10.7. The molecule has 1 amide bonds. The third kappa shape index (κ3) is 3.70. The lowest BCUT2D eigenvalue weighted by Crippen LogP contribution is -2.16. The Hall–Kier alpha value is -2.70. The number of Topliss-reactive ketones (excluding diaryl/α,β-unsaturated/α-hetero) is 1. The summed E-state index contributed by atoms with van der Waals surface area (Å²) in [6.45, 7) is 0. The molecule has 3 rings (SSSR count). The van der Waals surface area contributed by atoms with Crippen LogP contribution in [0.3, 0.4) is 0 Å². The number of fused-ring (bicyclic) bond motifs is 1. The van der Waals surface area contributed by atoms with Gasteiger partial charge in [0.15, 0.2) is 5.78 Å². The van der Waals surface area contributed by atoms with Crippen LogP contribution in [0.25, 0.3) is 10.1 Å². The Labute approximate surface area is 149 Å². The van der Waals surface area contributed by atoms with E-state index in [1.165, 1.54) is 11.3 Å². The van der Waals surface area contributed by atoms with Crippen LogP contribution < -0.4 is 10.4 Å². The van der Waals surface area contributed by atoms with Crippen LogP contribution in [0.15, 0.2) is 48.5 Å². The van der Waals surface area contributed by atoms with Gasteiger partial charge in [-0.15, -0.1) is 11.3 Å². The number of anilines is 1. The molecule has 25 heavy (non-hydrogen) atoms. The predicted molar refractivity (Wildman–Crippen MR) is 99.9 cm³/mol. The van der Waals surface area contributed by atoms with Gasteiger partial charge < -0.3 is 4.90 Å². The zero-order valence-corrected chi connectivity index (χ0v) is 14.8. The molecule has 128 valence electrons. The number of hydrogen-bond acceptors (Lipinski definition) is 5. The minimum absolute atomic E-state index is 0.0493. The molecule has 0 saturated carbocycles. The summed E-state index contributed by atoms with van der Waals surface area (Å²) in [7, 11) is 3.91. The first-order chi connectivity index (χ1) is 12.0. The first-order valence-electron chi connectivity index (χ1n) is 7.75. The minimum Gasteiger partial charge on any atom is -0.378 e. The van der Waals surface area contributed by atoms with Crippen molar-refractivity contribution in [3.63, 3.8) is 0 Å². The van der Waals surface area contributed by atoms with Crippen molar-refractivity contribution < 1.29 is 14.8 Å².